The molecule has 0 aliphatic rings. The van der Waals surface area contributed by atoms with Crippen LogP contribution in [0.5, 0.6) is 0 Å². The molecule has 0 saturated carbocycles. The van der Waals surface area contributed by atoms with Crippen molar-refractivity contribution in [2.24, 2.45) is 0 Å². The molecule has 0 radical (unpaired) electrons. The average Bonchev–Trinajstić information content (AvgIpc) is 1.94. The van der Waals surface area contributed by atoms with Crippen molar-refractivity contribution in [3.05, 3.63) is 29.8 Å². The van der Waals surface area contributed by atoms with Crippen molar-refractivity contribution in [1.82, 2.24) is 0 Å². The predicted molar refractivity (Wildman–Crippen MR) is 40.9 cm³/mol. The van der Waals surface area contributed by atoms with E-state index in [9.17, 15) is 4.79 Å². The average molecular weight is 174 g/mol. The van der Waals surface area contributed by atoms with Crippen LogP contribution in [-0.4, -0.2) is 6.41 Å². The second-order valence-corrected chi connectivity index (χ2v) is 2.08. The first-order chi connectivity index (χ1) is 4.84. The molecule has 0 bridgehead atoms. The molecule has 11 heavy (non-hydrogen) atoms. The molecular weight excluding hydrogens is 165 g/mol. The second kappa shape index (κ2) is 5.91. The van der Waals surface area contributed by atoms with Crippen molar-refractivity contribution < 1.29 is 56.2 Å². The summed E-state index contributed by atoms with van der Waals surface area (Å²) in [4.78, 5) is 10.0. The van der Waals surface area contributed by atoms with Crippen LogP contribution in [-0.2, 0) is 4.79 Å². The summed E-state index contributed by atoms with van der Waals surface area (Å²) in [6.07, 6.45) is 0.683. The van der Waals surface area contributed by atoms with Gasteiger partial charge in [0, 0.05) is 5.69 Å². The number of nitrogens with one attached hydrogen (secondary N) is 1. The standard InChI is InChI=1S/C8H9NO.K/c1-7-4-2-3-5-8(7)9-6-10;/h2-6H,1H3,(H,9,10);/q;+1. The van der Waals surface area contributed by atoms with E-state index >= 15 is 0 Å². The molecule has 1 aromatic carbocycles. The van der Waals surface area contributed by atoms with Crippen molar-refractivity contribution in [2.45, 2.75) is 6.92 Å². The molecule has 0 unspecified atom stereocenters. The van der Waals surface area contributed by atoms with Crippen LogP contribution in [0, 0.1) is 6.92 Å². The number of amides is 1. The number of anilines is 1. The zero-order chi connectivity index (χ0) is 7.40. The summed E-state index contributed by atoms with van der Waals surface area (Å²) >= 11 is 0. The Morgan fingerprint density at radius 2 is 2.00 bits per heavy atom. The topological polar surface area (TPSA) is 29.1 Å². The maximum atomic E-state index is 10.0. The number of para-hydroxylation sites is 1. The smallest absolute Gasteiger partial charge is 0.328 e. The summed E-state index contributed by atoms with van der Waals surface area (Å²) < 4.78 is 0. The molecule has 1 aromatic rings. The van der Waals surface area contributed by atoms with Gasteiger partial charge in [-0.15, -0.1) is 0 Å². The quantitative estimate of drug-likeness (QED) is 0.432. The van der Waals surface area contributed by atoms with Gasteiger partial charge in [-0.1, -0.05) is 18.2 Å². The number of aryl methyl sites for hydroxylation is 1. The summed E-state index contributed by atoms with van der Waals surface area (Å²) in [5.74, 6) is 0. The van der Waals surface area contributed by atoms with Gasteiger partial charge < -0.3 is 5.32 Å². The minimum Gasteiger partial charge on any atom is -0.328 e. The Morgan fingerprint density at radius 1 is 1.36 bits per heavy atom. The zero-order valence-electron chi connectivity index (χ0n) is 6.79. The predicted octanol–water partition coefficient (Wildman–Crippen LogP) is -1.43. The molecule has 1 amide bonds. The zero-order valence-corrected chi connectivity index (χ0v) is 9.92. The molecule has 0 spiro atoms. The third-order valence-corrected chi connectivity index (χ3v) is 1.36. The van der Waals surface area contributed by atoms with E-state index in [-0.39, 0.29) is 51.4 Å². The van der Waals surface area contributed by atoms with Crippen molar-refractivity contribution >= 4 is 12.1 Å². The Bertz CT molecular complexity index is 237. The Balaban J connectivity index is 0.000001000. The first-order valence-electron chi connectivity index (χ1n) is 3.10. The third-order valence-electron chi connectivity index (χ3n) is 1.36. The van der Waals surface area contributed by atoms with Crippen LogP contribution < -0.4 is 56.7 Å². The molecule has 1 rings (SSSR count). The Hall–Kier alpha value is 0.326. The maximum absolute atomic E-state index is 10.0. The summed E-state index contributed by atoms with van der Waals surface area (Å²) in [6.45, 7) is 1.95. The van der Waals surface area contributed by atoms with Gasteiger partial charge in [-0.05, 0) is 18.6 Å². The molecule has 0 aliphatic carbocycles. The number of benzene rings is 1. The van der Waals surface area contributed by atoms with E-state index in [1.54, 1.807) is 0 Å². The van der Waals surface area contributed by atoms with Crippen LogP contribution >= 0.6 is 0 Å². The van der Waals surface area contributed by atoms with E-state index in [0.29, 0.717) is 6.41 Å². The van der Waals surface area contributed by atoms with E-state index in [0.717, 1.165) is 11.3 Å². The van der Waals surface area contributed by atoms with Gasteiger partial charge in [-0.3, -0.25) is 4.79 Å². The molecule has 0 aliphatic heterocycles. The number of hydrogen-bond acceptors (Lipinski definition) is 1. The van der Waals surface area contributed by atoms with Gasteiger partial charge in [-0.25, -0.2) is 0 Å². The van der Waals surface area contributed by atoms with Gasteiger partial charge in [0.1, 0.15) is 0 Å². The monoisotopic (exact) mass is 174 g/mol. The van der Waals surface area contributed by atoms with Crippen molar-refractivity contribution in [3.63, 3.8) is 0 Å². The molecule has 0 aromatic heterocycles. The molecule has 52 valence electrons. The van der Waals surface area contributed by atoms with Crippen molar-refractivity contribution in [2.75, 3.05) is 5.32 Å². The molecule has 2 nitrogen and oxygen atoms in total. The maximum Gasteiger partial charge on any atom is 1.00 e. The van der Waals surface area contributed by atoms with Crippen LogP contribution in [0.4, 0.5) is 5.69 Å². The van der Waals surface area contributed by atoms with Crippen molar-refractivity contribution in [3.8, 4) is 0 Å². The summed E-state index contributed by atoms with van der Waals surface area (Å²) in [5.41, 5.74) is 1.95. The molecule has 3 heteroatoms. The first-order valence-corrected chi connectivity index (χ1v) is 3.10. The van der Waals surface area contributed by atoms with Crippen LogP contribution in [0.25, 0.3) is 0 Å². The molecule has 1 N–H and O–H groups in total. The van der Waals surface area contributed by atoms with Crippen LogP contribution in [0.1, 0.15) is 5.56 Å². The van der Waals surface area contributed by atoms with Crippen molar-refractivity contribution in [1.29, 1.82) is 0 Å². The van der Waals surface area contributed by atoms with Gasteiger partial charge in [0.15, 0.2) is 0 Å². The fourth-order valence-electron chi connectivity index (χ4n) is 0.798. The number of carbonyl (C=O) groups excluding carboxylic acids is 1. The van der Waals surface area contributed by atoms with E-state index in [4.69, 9.17) is 0 Å². The Kier molecular flexibility index (Phi) is 6.09. The first kappa shape index (κ1) is 11.3. The molecule has 0 fully saturated rings. The van der Waals surface area contributed by atoms with Crippen LogP contribution in [0.15, 0.2) is 24.3 Å². The Morgan fingerprint density at radius 3 is 2.55 bits per heavy atom. The largest absolute Gasteiger partial charge is 1.00 e. The SMILES string of the molecule is Cc1ccccc1NC=O.[K+]. The van der Waals surface area contributed by atoms with Crippen LogP contribution in [0.3, 0.4) is 0 Å². The van der Waals surface area contributed by atoms with E-state index in [2.05, 4.69) is 5.32 Å². The molecule has 0 atom stereocenters. The number of rotatable bonds is 2. The van der Waals surface area contributed by atoms with E-state index in [1.165, 1.54) is 0 Å². The molecule has 0 saturated heterocycles. The molecule has 0 heterocycles. The van der Waals surface area contributed by atoms with Gasteiger partial charge in [0.05, 0.1) is 0 Å². The summed E-state index contributed by atoms with van der Waals surface area (Å²) in [5, 5.41) is 2.60. The van der Waals surface area contributed by atoms with Gasteiger partial charge in [0.2, 0.25) is 6.41 Å². The summed E-state index contributed by atoms with van der Waals surface area (Å²) in [6, 6.07) is 7.64. The molecular formula is C8H9KNO+. The second-order valence-electron chi connectivity index (χ2n) is 2.08. The van der Waals surface area contributed by atoms with Gasteiger partial charge in [0.25, 0.3) is 0 Å². The fourth-order valence-corrected chi connectivity index (χ4v) is 0.798. The minimum atomic E-state index is 0. The fraction of sp³-hybridized carbons (Fsp3) is 0.125. The number of hydrogen-bond donors (Lipinski definition) is 1. The van der Waals surface area contributed by atoms with E-state index in [1.807, 2.05) is 31.2 Å². The van der Waals surface area contributed by atoms with Gasteiger partial charge >= 0.3 is 51.4 Å². The van der Waals surface area contributed by atoms with Crippen LogP contribution in [0.2, 0.25) is 0 Å². The Labute approximate surface area is 109 Å². The van der Waals surface area contributed by atoms with Gasteiger partial charge in [-0.2, -0.15) is 0 Å². The van der Waals surface area contributed by atoms with E-state index < -0.39 is 0 Å². The number of carbonyl (C=O) groups is 1. The minimum absolute atomic E-state index is 0. The third kappa shape index (κ3) is 3.49. The normalized spacial score (nSPS) is 8.09. The summed E-state index contributed by atoms with van der Waals surface area (Å²) in [7, 11) is 0.